The monoisotopic (exact) mass is 204 g/mol. The Kier molecular flexibility index (Phi) is 5.02. The van der Waals surface area contributed by atoms with Gasteiger partial charge in [-0.25, -0.2) is 0 Å². The van der Waals surface area contributed by atoms with Crippen molar-refractivity contribution >= 4 is 11.3 Å². The molecule has 0 saturated carbocycles. The first kappa shape index (κ1) is 11.0. The molecule has 14 heavy (non-hydrogen) atoms. The minimum atomic E-state index is 0.659. The molecular weight excluding hydrogens is 188 g/mol. The minimum absolute atomic E-state index is 0.659. The molecule has 0 radical (unpaired) electrons. The number of hydrogen-bond donors (Lipinski definition) is 0. The summed E-state index contributed by atoms with van der Waals surface area (Å²) in [7, 11) is 0. The van der Waals surface area contributed by atoms with Gasteiger partial charge in [-0.05, 0) is 22.2 Å². The molecule has 0 aliphatic rings. The van der Waals surface area contributed by atoms with E-state index in [1.54, 1.807) is 11.3 Å². The highest BCUT2D eigenvalue weighted by atomic mass is 32.1. The molecule has 0 unspecified atom stereocenters. The number of hydrogen-bond acceptors (Lipinski definition) is 1. The van der Waals surface area contributed by atoms with E-state index >= 15 is 0 Å². The summed E-state index contributed by atoms with van der Waals surface area (Å²) in [4.78, 5) is 0. The molecule has 1 heterocycles. The van der Waals surface area contributed by atoms with Gasteiger partial charge in [0, 0.05) is 0 Å². The zero-order valence-corrected chi connectivity index (χ0v) is 9.50. The number of thiophene rings is 1. The van der Waals surface area contributed by atoms with Crippen molar-refractivity contribution in [3.05, 3.63) is 58.8 Å². The Labute approximate surface area is 90.2 Å². The number of rotatable bonds is 1. The Balaban J connectivity index is 0.000000165. The van der Waals surface area contributed by atoms with Crippen LogP contribution in [0.4, 0.5) is 0 Å². The largest absolute Gasteiger partial charge is 0.152 e. The lowest BCUT2D eigenvalue weighted by Gasteiger charge is -2.01. The second-order valence-electron chi connectivity index (χ2n) is 3.36. The van der Waals surface area contributed by atoms with Crippen molar-refractivity contribution < 1.29 is 0 Å². The molecule has 2 rings (SSSR count). The maximum absolute atomic E-state index is 2.20. The first-order valence-corrected chi connectivity index (χ1v) is 5.77. The van der Waals surface area contributed by atoms with Gasteiger partial charge in [-0.3, -0.25) is 0 Å². The standard InChI is InChI=1S/C9H12.C4H4S/c1-8(2)9-6-4-3-5-7-9;1-2-4-5-3-1/h3-8H,1-2H3;1-4H. The normalized spacial score (nSPS) is 9.36. The van der Waals surface area contributed by atoms with Crippen LogP contribution < -0.4 is 0 Å². The summed E-state index contributed by atoms with van der Waals surface area (Å²) in [6.07, 6.45) is 0. The van der Waals surface area contributed by atoms with E-state index in [1.165, 1.54) is 5.56 Å². The fraction of sp³-hybridized carbons (Fsp3) is 0.231. The van der Waals surface area contributed by atoms with Crippen molar-refractivity contribution in [2.24, 2.45) is 0 Å². The molecule has 2 aromatic rings. The quantitative estimate of drug-likeness (QED) is 0.639. The summed E-state index contributed by atoms with van der Waals surface area (Å²) in [6.45, 7) is 4.41. The Hall–Kier alpha value is -1.08. The molecule has 0 aliphatic heterocycles. The second kappa shape index (κ2) is 6.39. The maximum atomic E-state index is 2.20. The van der Waals surface area contributed by atoms with Crippen molar-refractivity contribution in [1.29, 1.82) is 0 Å². The van der Waals surface area contributed by atoms with Crippen molar-refractivity contribution in [3.8, 4) is 0 Å². The molecular formula is C13H16S. The van der Waals surface area contributed by atoms with Crippen LogP contribution in [-0.2, 0) is 0 Å². The molecule has 0 spiro atoms. The van der Waals surface area contributed by atoms with E-state index in [2.05, 4.69) is 38.1 Å². The summed E-state index contributed by atoms with van der Waals surface area (Å²) in [5, 5.41) is 4.08. The highest BCUT2D eigenvalue weighted by molar-refractivity contribution is 7.07. The lowest BCUT2D eigenvalue weighted by Crippen LogP contribution is -1.83. The van der Waals surface area contributed by atoms with Crippen molar-refractivity contribution in [2.45, 2.75) is 19.8 Å². The zero-order chi connectivity index (χ0) is 10.2. The Morgan fingerprint density at radius 2 is 1.43 bits per heavy atom. The molecule has 0 saturated heterocycles. The summed E-state index contributed by atoms with van der Waals surface area (Å²) < 4.78 is 0. The van der Waals surface area contributed by atoms with Gasteiger partial charge in [0.25, 0.3) is 0 Å². The van der Waals surface area contributed by atoms with Gasteiger partial charge in [-0.2, -0.15) is 11.3 Å². The lowest BCUT2D eigenvalue weighted by atomic mass is 10.0. The summed E-state index contributed by atoms with van der Waals surface area (Å²) >= 11 is 1.71. The molecule has 0 aliphatic carbocycles. The molecule has 0 nitrogen and oxygen atoms in total. The first-order valence-electron chi connectivity index (χ1n) is 4.83. The Morgan fingerprint density at radius 3 is 1.71 bits per heavy atom. The molecule has 0 fully saturated rings. The summed E-state index contributed by atoms with van der Waals surface area (Å²) in [5.41, 5.74) is 1.41. The molecule has 74 valence electrons. The average molecular weight is 204 g/mol. The van der Waals surface area contributed by atoms with E-state index in [0.717, 1.165) is 0 Å². The van der Waals surface area contributed by atoms with Crippen LogP contribution >= 0.6 is 11.3 Å². The van der Waals surface area contributed by atoms with Crippen LogP contribution in [0.25, 0.3) is 0 Å². The van der Waals surface area contributed by atoms with E-state index < -0.39 is 0 Å². The van der Waals surface area contributed by atoms with E-state index in [1.807, 2.05) is 29.0 Å². The second-order valence-corrected chi connectivity index (χ2v) is 4.18. The summed E-state index contributed by atoms with van der Waals surface area (Å²) in [5.74, 6) is 0.659. The third-order valence-electron chi connectivity index (χ3n) is 1.89. The van der Waals surface area contributed by atoms with Crippen LogP contribution in [0.1, 0.15) is 25.3 Å². The van der Waals surface area contributed by atoms with Gasteiger partial charge in [0.2, 0.25) is 0 Å². The minimum Gasteiger partial charge on any atom is -0.152 e. The highest BCUT2D eigenvalue weighted by Crippen LogP contribution is 2.11. The van der Waals surface area contributed by atoms with Gasteiger partial charge in [-0.1, -0.05) is 56.3 Å². The van der Waals surface area contributed by atoms with Gasteiger partial charge >= 0.3 is 0 Å². The van der Waals surface area contributed by atoms with Gasteiger partial charge in [0.05, 0.1) is 0 Å². The van der Waals surface area contributed by atoms with Gasteiger partial charge in [0.15, 0.2) is 0 Å². The van der Waals surface area contributed by atoms with Crippen LogP contribution in [0, 0.1) is 0 Å². The van der Waals surface area contributed by atoms with Crippen molar-refractivity contribution in [3.63, 3.8) is 0 Å². The molecule has 0 bridgehead atoms. The van der Waals surface area contributed by atoms with E-state index in [4.69, 9.17) is 0 Å². The predicted molar refractivity (Wildman–Crippen MR) is 64.9 cm³/mol. The fourth-order valence-corrected chi connectivity index (χ4v) is 1.52. The fourth-order valence-electron chi connectivity index (χ4n) is 1.06. The van der Waals surface area contributed by atoms with E-state index in [0.29, 0.717) is 5.92 Å². The smallest absolute Gasteiger partial charge is 0.00934 e. The highest BCUT2D eigenvalue weighted by Gasteiger charge is 1.93. The Bertz CT molecular complexity index is 291. The average Bonchev–Trinajstić information content (AvgIpc) is 2.77. The third-order valence-corrected chi connectivity index (χ3v) is 2.52. The SMILES string of the molecule is CC(C)c1ccccc1.c1ccsc1. The summed E-state index contributed by atoms with van der Waals surface area (Å²) in [6, 6.07) is 14.6. The molecule has 0 atom stereocenters. The molecule has 0 amide bonds. The van der Waals surface area contributed by atoms with Crippen LogP contribution in [0.15, 0.2) is 53.2 Å². The lowest BCUT2D eigenvalue weighted by molar-refractivity contribution is 0.867. The maximum Gasteiger partial charge on any atom is -0.00934 e. The topological polar surface area (TPSA) is 0 Å². The zero-order valence-electron chi connectivity index (χ0n) is 8.68. The van der Waals surface area contributed by atoms with Crippen LogP contribution in [0.5, 0.6) is 0 Å². The van der Waals surface area contributed by atoms with Gasteiger partial charge in [-0.15, -0.1) is 0 Å². The van der Waals surface area contributed by atoms with Crippen molar-refractivity contribution in [2.75, 3.05) is 0 Å². The molecule has 1 aromatic carbocycles. The van der Waals surface area contributed by atoms with Crippen LogP contribution in [-0.4, -0.2) is 0 Å². The van der Waals surface area contributed by atoms with Crippen molar-refractivity contribution in [1.82, 2.24) is 0 Å². The van der Waals surface area contributed by atoms with Crippen LogP contribution in [0.3, 0.4) is 0 Å². The van der Waals surface area contributed by atoms with E-state index in [9.17, 15) is 0 Å². The van der Waals surface area contributed by atoms with E-state index in [-0.39, 0.29) is 0 Å². The molecule has 1 heteroatoms. The number of benzene rings is 1. The molecule has 1 aromatic heterocycles. The van der Waals surface area contributed by atoms with Gasteiger partial charge in [0.1, 0.15) is 0 Å². The predicted octanol–water partition coefficient (Wildman–Crippen LogP) is 4.56. The first-order chi connectivity index (χ1) is 6.80. The van der Waals surface area contributed by atoms with Crippen LogP contribution in [0.2, 0.25) is 0 Å². The Morgan fingerprint density at radius 1 is 0.857 bits per heavy atom. The third kappa shape index (κ3) is 4.24. The van der Waals surface area contributed by atoms with Gasteiger partial charge < -0.3 is 0 Å². The molecule has 0 N–H and O–H groups in total.